The summed E-state index contributed by atoms with van der Waals surface area (Å²) in [6.07, 6.45) is 3.00. The van der Waals surface area contributed by atoms with Crippen molar-refractivity contribution in [2.45, 2.75) is 17.7 Å². The van der Waals surface area contributed by atoms with Crippen molar-refractivity contribution >= 4 is 27.3 Å². The molecule has 0 unspecified atom stereocenters. The van der Waals surface area contributed by atoms with Crippen LogP contribution in [0.4, 0.5) is 15.8 Å². The molecule has 0 saturated heterocycles. The lowest BCUT2D eigenvalue weighted by Gasteiger charge is -2.18. The lowest BCUT2D eigenvalue weighted by Crippen LogP contribution is -2.20. The molecule has 0 fully saturated rings. The molecule has 7 nitrogen and oxygen atoms in total. The number of nitrogens with one attached hydrogen (secondary N) is 3. The number of amides is 1. The number of H-pyrrole nitrogens is 1. The number of hydrogen-bond acceptors (Lipinski definition) is 4. The van der Waals surface area contributed by atoms with Gasteiger partial charge in [-0.05, 0) is 24.1 Å². The van der Waals surface area contributed by atoms with Crippen LogP contribution in [0.15, 0.2) is 29.4 Å². The number of aromatic amines is 1. The Morgan fingerprint density at radius 2 is 2.10 bits per heavy atom. The van der Waals surface area contributed by atoms with Gasteiger partial charge in [-0.2, -0.15) is 5.10 Å². The molecule has 3 N–H and O–H groups in total. The van der Waals surface area contributed by atoms with E-state index in [0.29, 0.717) is 17.7 Å². The Labute approximate surface area is 119 Å². The Hall–Kier alpha value is -2.42. The molecule has 3 rings (SSSR count). The van der Waals surface area contributed by atoms with Crippen LogP contribution < -0.4 is 10.0 Å². The van der Waals surface area contributed by atoms with E-state index in [9.17, 15) is 17.6 Å². The number of fused-ring (bicyclic) bond motifs is 1. The van der Waals surface area contributed by atoms with Gasteiger partial charge >= 0.3 is 0 Å². The van der Waals surface area contributed by atoms with Gasteiger partial charge in [0.25, 0.3) is 10.0 Å². The molecular formula is C12H11FN4O3S. The van der Waals surface area contributed by atoms with E-state index in [1.54, 1.807) is 0 Å². The molecule has 1 aliphatic heterocycles. The second kappa shape index (κ2) is 4.85. The van der Waals surface area contributed by atoms with Crippen LogP contribution in [0.3, 0.4) is 0 Å². The summed E-state index contributed by atoms with van der Waals surface area (Å²) in [5.41, 5.74) is 0.827. The molecule has 0 spiro atoms. The molecule has 0 saturated carbocycles. The zero-order valence-corrected chi connectivity index (χ0v) is 11.5. The molecule has 21 heavy (non-hydrogen) atoms. The van der Waals surface area contributed by atoms with Gasteiger partial charge in [-0.15, -0.1) is 0 Å². The number of halogens is 1. The van der Waals surface area contributed by atoms with E-state index in [2.05, 4.69) is 20.2 Å². The van der Waals surface area contributed by atoms with Crippen molar-refractivity contribution in [3.8, 4) is 0 Å². The Bertz CT molecular complexity index is 802. The Kier molecular flexibility index (Phi) is 3.13. The summed E-state index contributed by atoms with van der Waals surface area (Å²) >= 11 is 0. The van der Waals surface area contributed by atoms with Gasteiger partial charge in [-0.25, -0.2) is 12.8 Å². The van der Waals surface area contributed by atoms with Crippen LogP contribution >= 0.6 is 0 Å². The molecule has 1 aromatic heterocycles. The average molecular weight is 310 g/mol. The molecule has 1 aliphatic rings. The maximum absolute atomic E-state index is 14.0. The zero-order valence-electron chi connectivity index (χ0n) is 10.7. The third kappa shape index (κ3) is 2.59. The van der Waals surface area contributed by atoms with Crippen LogP contribution in [0.2, 0.25) is 0 Å². The number of aromatic nitrogens is 2. The molecule has 1 amide bonds. The number of sulfonamides is 1. The first-order chi connectivity index (χ1) is 9.95. The van der Waals surface area contributed by atoms with Crippen molar-refractivity contribution in [1.82, 2.24) is 10.2 Å². The molecule has 2 heterocycles. The lowest BCUT2D eigenvalue weighted by atomic mass is 10.0. The third-order valence-corrected chi connectivity index (χ3v) is 4.45. The maximum Gasteiger partial charge on any atom is 0.265 e. The van der Waals surface area contributed by atoms with Crippen LogP contribution in [-0.4, -0.2) is 24.5 Å². The van der Waals surface area contributed by atoms with Crippen molar-refractivity contribution in [2.75, 3.05) is 10.0 Å². The summed E-state index contributed by atoms with van der Waals surface area (Å²) in [5, 5.41) is 8.50. The van der Waals surface area contributed by atoms with Gasteiger partial charge in [0.2, 0.25) is 5.91 Å². The molecule has 0 bridgehead atoms. The number of nitrogens with zero attached hydrogens (tertiary/aromatic N) is 1. The maximum atomic E-state index is 14.0. The van der Waals surface area contributed by atoms with E-state index in [0.717, 1.165) is 6.20 Å². The van der Waals surface area contributed by atoms with Crippen molar-refractivity contribution in [2.24, 2.45) is 0 Å². The fourth-order valence-corrected chi connectivity index (χ4v) is 3.03. The molecule has 110 valence electrons. The smallest absolute Gasteiger partial charge is 0.265 e. The second-order valence-corrected chi connectivity index (χ2v) is 6.26. The van der Waals surface area contributed by atoms with E-state index in [1.165, 1.54) is 18.3 Å². The predicted molar refractivity (Wildman–Crippen MR) is 72.7 cm³/mol. The first kappa shape index (κ1) is 13.6. The molecule has 0 radical (unpaired) electrons. The number of rotatable bonds is 3. The van der Waals surface area contributed by atoms with E-state index >= 15 is 0 Å². The van der Waals surface area contributed by atoms with Gasteiger partial charge in [-0.3, -0.25) is 14.6 Å². The largest absolute Gasteiger partial charge is 0.326 e. The SMILES string of the molecule is O=C1CCc2cc(F)c(NS(=O)(=O)c3cn[nH]c3)cc2N1. The molecular weight excluding hydrogens is 299 g/mol. The zero-order chi connectivity index (χ0) is 15.0. The van der Waals surface area contributed by atoms with Crippen LogP contribution in [-0.2, 0) is 21.2 Å². The highest BCUT2D eigenvalue weighted by Crippen LogP contribution is 2.29. The first-order valence-electron chi connectivity index (χ1n) is 6.09. The van der Waals surface area contributed by atoms with Gasteiger partial charge in [0, 0.05) is 18.3 Å². The summed E-state index contributed by atoms with van der Waals surface area (Å²) in [7, 11) is -3.93. The lowest BCUT2D eigenvalue weighted by molar-refractivity contribution is -0.116. The van der Waals surface area contributed by atoms with Crippen molar-refractivity contribution < 1.29 is 17.6 Å². The van der Waals surface area contributed by atoms with Gasteiger partial charge in [0.15, 0.2) is 0 Å². The minimum Gasteiger partial charge on any atom is -0.326 e. The molecule has 9 heteroatoms. The molecule has 0 atom stereocenters. The van der Waals surface area contributed by atoms with E-state index in [4.69, 9.17) is 0 Å². The predicted octanol–water partition coefficient (Wildman–Crippen LogP) is 1.23. The van der Waals surface area contributed by atoms with Gasteiger partial charge in [0.05, 0.1) is 11.9 Å². The average Bonchev–Trinajstić information content (AvgIpc) is 2.94. The fraction of sp³-hybridized carbons (Fsp3) is 0.167. The van der Waals surface area contributed by atoms with Crippen LogP contribution in [0.1, 0.15) is 12.0 Å². The number of benzene rings is 1. The molecule has 0 aliphatic carbocycles. The highest BCUT2D eigenvalue weighted by Gasteiger charge is 2.21. The van der Waals surface area contributed by atoms with Gasteiger partial charge in [0.1, 0.15) is 10.7 Å². The van der Waals surface area contributed by atoms with Gasteiger partial charge in [-0.1, -0.05) is 0 Å². The number of carbonyl (C=O) groups is 1. The summed E-state index contributed by atoms with van der Waals surface area (Å²) < 4.78 is 40.2. The number of hydrogen-bond donors (Lipinski definition) is 3. The summed E-state index contributed by atoms with van der Waals surface area (Å²) in [5.74, 6) is -0.880. The minimum atomic E-state index is -3.93. The van der Waals surface area contributed by atoms with Crippen LogP contribution in [0, 0.1) is 5.82 Å². The van der Waals surface area contributed by atoms with Crippen molar-refractivity contribution in [1.29, 1.82) is 0 Å². The number of aryl methyl sites for hydroxylation is 1. The minimum absolute atomic E-state index is 0.108. The van der Waals surface area contributed by atoms with Crippen LogP contribution in [0.25, 0.3) is 0 Å². The summed E-state index contributed by atoms with van der Waals surface area (Å²) in [6.45, 7) is 0. The topological polar surface area (TPSA) is 104 Å². The Morgan fingerprint density at radius 3 is 2.81 bits per heavy atom. The van der Waals surface area contributed by atoms with E-state index in [1.807, 2.05) is 0 Å². The molecule has 1 aromatic carbocycles. The van der Waals surface area contributed by atoms with Gasteiger partial charge < -0.3 is 5.32 Å². The van der Waals surface area contributed by atoms with Crippen molar-refractivity contribution in [3.63, 3.8) is 0 Å². The summed E-state index contributed by atoms with van der Waals surface area (Å²) in [4.78, 5) is 11.2. The standard InChI is InChI=1S/C12H11FN4O3S/c13-9-3-7-1-2-12(18)16-10(7)4-11(9)17-21(19,20)8-5-14-15-6-8/h3-6,17H,1-2H2,(H,14,15)(H,16,18). The quantitative estimate of drug-likeness (QED) is 0.793. The highest BCUT2D eigenvalue weighted by molar-refractivity contribution is 7.92. The fourth-order valence-electron chi connectivity index (χ4n) is 2.07. The number of anilines is 2. The Balaban J connectivity index is 1.96. The third-order valence-electron chi connectivity index (χ3n) is 3.12. The second-order valence-electron chi connectivity index (χ2n) is 4.58. The van der Waals surface area contributed by atoms with Crippen LogP contribution in [0.5, 0.6) is 0 Å². The molecule has 2 aromatic rings. The number of carbonyl (C=O) groups excluding carboxylic acids is 1. The van der Waals surface area contributed by atoms with E-state index < -0.39 is 15.8 Å². The van der Waals surface area contributed by atoms with Crippen molar-refractivity contribution in [3.05, 3.63) is 35.9 Å². The first-order valence-corrected chi connectivity index (χ1v) is 7.58. The normalized spacial score (nSPS) is 14.4. The highest BCUT2D eigenvalue weighted by atomic mass is 32.2. The monoisotopic (exact) mass is 310 g/mol. The summed E-state index contributed by atoms with van der Waals surface area (Å²) in [6, 6.07) is 2.50. The Morgan fingerprint density at radius 1 is 1.29 bits per heavy atom. The van der Waals surface area contributed by atoms with E-state index in [-0.39, 0.29) is 22.9 Å².